The molecule has 2 rings (SSSR count). The number of rotatable bonds is 14. The zero-order valence-corrected chi connectivity index (χ0v) is 19.0. The zero-order valence-electron chi connectivity index (χ0n) is 19.0. The first-order chi connectivity index (χ1) is 14.9. The maximum absolute atomic E-state index is 13.1. The lowest BCUT2D eigenvalue weighted by atomic mass is 9.85. The van der Waals surface area contributed by atoms with Crippen molar-refractivity contribution in [2.75, 3.05) is 0 Å². The van der Waals surface area contributed by atoms with E-state index in [1.54, 1.807) is 24.3 Å². The Hall–Kier alpha value is -2.43. The van der Waals surface area contributed by atoms with Gasteiger partial charge in [-0.3, -0.25) is 4.79 Å². The highest BCUT2D eigenvalue weighted by Crippen LogP contribution is 2.39. The summed E-state index contributed by atoms with van der Waals surface area (Å²) in [7, 11) is 0. The van der Waals surface area contributed by atoms with Gasteiger partial charge in [0.05, 0.1) is 0 Å². The predicted octanol–water partition coefficient (Wildman–Crippen LogP) is 5.81. The third kappa shape index (κ3) is 6.05. The summed E-state index contributed by atoms with van der Waals surface area (Å²) in [5.41, 5.74) is -2.83. The number of benzene rings is 1. The molecule has 0 N–H and O–H groups in total. The normalized spacial score (nSPS) is 23.2. The Bertz CT molecular complexity index is 756. The number of unbranched alkanes of at least 4 members (excludes halogenated alkanes) is 7. The van der Waals surface area contributed by atoms with Crippen LogP contribution in [0.3, 0.4) is 0 Å². The molecule has 0 spiro atoms. The van der Waals surface area contributed by atoms with Gasteiger partial charge >= 0.3 is 11.9 Å². The Morgan fingerprint density at radius 2 is 1.58 bits per heavy atom. The highest BCUT2D eigenvalue weighted by atomic mass is 16.7. The summed E-state index contributed by atoms with van der Waals surface area (Å²) in [6, 6.07) is 8.78. The van der Waals surface area contributed by atoms with Crippen LogP contribution in [0.15, 0.2) is 43.0 Å². The number of allylic oxidation sites excluding steroid dienone is 1. The molecule has 0 unspecified atom stereocenters. The van der Waals surface area contributed by atoms with Crippen molar-refractivity contribution >= 4 is 17.7 Å². The van der Waals surface area contributed by atoms with Crippen molar-refractivity contribution in [3.8, 4) is 0 Å². The van der Waals surface area contributed by atoms with Crippen molar-refractivity contribution < 1.29 is 23.9 Å². The van der Waals surface area contributed by atoms with Crippen LogP contribution < -0.4 is 0 Å². The third-order valence-electron chi connectivity index (χ3n) is 6.00. The van der Waals surface area contributed by atoms with E-state index in [4.69, 9.17) is 9.47 Å². The molecular formula is C26H36O5. The molecule has 0 bridgehead atoms. The van der Waals surface area contributed by atoms with Crippen LogP contribution in [0.1, 0.15) is 90.0 Å². The van der Waals surface area contributed by atoms with Gasteiger partial charge in [-0.2, -0.15) is 0 Å². The van der Waals surface area contributed by atoms with Crippen LogP contribution in [-0.4, -0.2) is 23.3 Å². The number of cyclic esters (lactones) is 2. The molecule has 1 aliphatic heterocycles. The molecule has 5 heteroatoms. The Morgan fingerprint density at radius 3 is 2.23 bits per heavy atom. The largest absolute Gasteiger partial charge is 0.439 e. The van der Waals surface area contributed by atoms with Gasteiger partial charge in [-0.25, -0.2) is 9.59 Å². The van der Waals surface area contributed by atoms with Crippen LogP contribution in [0.4, 0.5) is 0 Å². The second kappa shape index (κ2) is 11.8. The topological polar surface area (TPSA) is 69.7 Å². The maximum atomic E-state index is 13.1. The van der Waals surface area contributed by atoms with Crippen LogP contribution in [0.5, 0.6) is 0 Å². The Kier molecular flexibility index (Phi) is 9.47. The van der Waals surface area contributed by atoms with Gasteiger partial charge in [0.2, 0.25) is 5.60 Å². The van der Waals surface area contributed by atoms with Crippen LogP contribution in [0.2, 0.25) is 0 Å². The molecule has 0 saturated carbocycles. The summed E-state index contributed by atoms with van der Waals surface area (Å²) < 4.78 is 11.3. The van der Waals surface area contributed by atoms with E-state index in [9.17, 15) is 14.4 Å². The van der Waals surface area contributed by atoms with E-state index in [-0.39, 0.29) is 18.6 Å². The first-order valence-electron chi connectivity index (χ1n) is 11.6. The van der Waals surface area contributed by atoms with Crippen LogP contribution >= 0.6 is 0 Å². The van der Waals surface area contributed by atoms with E-state index in [2.05, 4.69) is 6.58 Å². The number of ether oxygens (including phenoxy) is 2. The minimum atomic E-state index is -1.81. The quantitative estimate of drug-likeness (QED) is 0.162. The third-order valence-corrected chi connectivity index (χ3v) is 6.00. The predicted molar refractivity (Wildman–Crippen MR) is 120 cm³/mol. The molecule has 0 amide bonds. The smallest absolute Gasteiger partial charge is 0.360 e. The molecule has 170 valence electrons. The summed E-state index contributed by atoms with van der Waals surface area (Å²) in [5.74, 6) is -1.78. The summed E-state index contributed by atoms with van der Waals surface area (Å²) in [6.45, 7) is 7.21. The minimum absolute atomic E-state index is 0.166. The summed E-state index contributed by atoms with van der Waals surface area (Å²) >= 11 is 0. The maximum Gasteiger partial charge on any atom is 0.360 e. The average Bonchev–Trinajstić information content (AvgIpc) is 2.77. The molecule has 1 aromatic carbocycles. The van der Waals surface area contributed by atoms with E-state index in [0.29, 0.717) is 18.4 Å². The zero-order chi connectivity index (χ0) is 22.7. The van der Waals surface area contributed by atoms with E-state index in [1.165, 1.54) is 6.92 Å². The summed E-state index contributed by atoms with van der Waals surface area (Å²) in [4.78, 5) is 39.2. The van der Waals surface area contributed by atoms with Crippen LogP contribution in [0, 0.1) is 0 Å². The van der Waals surface area contributed by atoms with Gasteiger partial charge in [0, 0.05) is 18.4 Å². The SMILES string of the molecule is C=CCCCCCCCCC(=O)[C@@]1(CCCC)OC(=O)[C@](C)(c2ccccc2)OC1=O. The van der Waals surface area contributed by atoms with Gasteiger partial charge in [0.1, 0.15) is 0 Å². The fourth-order valence-electron chi connectivity index (χ4n) is 3.91. The lowest BCUT2D eigenvalue weighted by Gasteiger charge is -2.41. The van der Waals surface area contributed by atoms with E-state index in [0.717, 1.165) is 44.9 Å². The molecule has 0 aliphatic carbocycles. The lowest BCUT2D eigenvalue weighted by Crippen LogP contribution is -2.61. The molecule has 1 saturated heterocycles. The molecular weight excluding hydrogens is 392 g/mol. The number of Topliss-reactive ketones (excluding diaryl/α,β-unsaturated/α-hetero) is 1. The van der Waals surface area contributed by atoms with Crippen LogP contribution in [-0.2, 0) is 29.5 Å². The van der Waals surface area contributed by atoms with Gasteiger partial charge in [-0.1, -0.05) is 75.4 Å². The van der Waals surface area contributed by atoms with Crippen molar-refractivity contribution in [1.29, 1.82) is 0 Å². The van der Waals surface area contributed by atoms with Crippen molar-refractivity contribution in [1.82, 2.24) is 0 Å². The number of esters is 2. The second-order valence-electron chi connectivity index (χ2n) is 8.48. The molecule has 31 heavy (non-hydrogen) atoms. The van der Waals surface area contributed by atoms with E-state index in [1.807, 2.05) is 19.1 Å². The van der Waals surface area contributed by atoms with Crippen molar-refractivity contribution in [2.45, 2.75) is 95.7 Å². The monoisotopic (exact) mass is 428 g/mol. The second-order valence-corrected chi connectivity index (χ2v) is 8.48. The van der Waals surface area contributed by atoms with Crippen LogP contribution in [0.25, 0.3) is 0 Å². The van der Waals surface area contributed by atoms with Crippen molar-refractivity contribution in [2.24, 2.45) is 0 Å². The molecule has 1 heterocycles. The molecule has 0 radical (unpaired) electrons. The fourth-order valence-corrected chi connectivity index (χ4v) is 3.91. The molecule has 1 aliphatic rings. The first-order valence-corrected chi connectivity index (χ1v) is 11.6. The number of ketones is 1. The molecule has 2 atom stereocenters. The standard InChI is InChI=1S/C26H36O5/c1-4-6-8-9-10-11-12-16-19-22(27)26(20-7-5-2)24(29)30-25(3,23(28)31-26)21-17-14-13-15-18-21/h4,13-15,17-18H,1,5-12,16,19-20H2,2-3H3/t25-,26+/m0/s1. The van der Waals surface area contributed by atoms with Crippen molar-refractivity contribution in [3.05, 3.63) is 48.6 Å². The Labute approximate surface area is 186 Å². The van der Waals surface area contributed by atoms with Gasteiger partial charge < -0.3 is 9.47 Å². The van der Waals surface area contributed by atoms with E-state index < -0.39 is 23.1 Å². The molecule has 1 aromatic rings. The van der Waals surface area contributed by atoms with Gasteiger partial charge in [0.15, 0.2) is 5.78 Å². The van der Waals surface area contributed by atoms with Gasteiger partial charge in [-0.15, -0.1) is 6.58 Å². The highest BCUT2D eigenvalue weighted by Gasteiger charge is 2.60. The summed E-state index contributed by atoms with van der Waals surface area (Å²) in [6.07, 6.45) is 10.8. The molecule has 1 fully saturated rings. The number of carbonyl (C=O) groups is 3. The number of carbonyl (C=O) groups excluding carboxylic acids is 3. The Balaban J connectivity index is 2.03. The fraction of sp³-hybridized carbons (Fsp3) is 0.577. The first kappa shape index (κ1) is 24.8. The minimum Gasteiger partial charge on any atom is -0.439 e. The number of hydrogen-bond donors (Lipinski definition) is 0. The van der Waals surface area contributed by atoms with Gasteiger partial charge in [-0.05, 0) is 32.6 Å². The van der Waals surface area contributed by atoms with Crippen molar-refractivity contribution in [3.63, 3.8) is 0 Å². The highest BCUT2D eigenvalue weighted by molar-refractivity contribution is 6.11. The average molecular weight is 429 g/mol. The molecule has 5 nitrogen and oxygen atoms in total. The molecule has 0 aromatic heterocycles. The lowest BCUT2D eigenvalue weighted by molar-refractivity contribution is -0.226. The Morgan fingerprint density at radius 1 is 0.935 bits per heavy atom. The summed E-state index contributed by atoms with van der Waals surface area (Å²) in [5, 5.41) is 0. The van der Waals surface area contributed by atoms with E-state index >= 15 is 0 Å². The van der Waals surface area contributed by atoms with Gasteiger partial charge in [0.25, 0.3) is 5.60 Å². The number of hydrogen-bond acceptors (Lipinski definition) is 5.